The number of hydrogen-bond acceptors (Lipinski definition) is 3. The summed E-state index contributed by atoms with van der Waals surface area (Å²) in [5.41, 5.74) is 1.07. The average molecular weight is 421 g/mol. The summed E-state index contributed by atoms with van der Waals surface area (Å²) in [5, 5.41) is 11.7. The number of para-hydroxylation sites is 1. The van der Waals surface area contributed by atoms with E-state index < -0.39 is 24.0 Å². The highest BCUT2D eigenvalue weighted by molar-refractivity contribution is 9.10. The van der Waals surface area contributed by atoms with Gasteiger partial charge in [0, 0.05) is 22.5 Å². The second-order valence-corrected chi connectivity index (χ2v) is 7.03. The van der Waals surface area contributed by atoms with Gasteiger partial charge in [-0.2, -0.15) is 0 Å². The third-order valence-corrected chi connectivity index (χ3v) is 5.20. The van der Waals surface area contributed by atoms with Crippen LogP contribution in [0.25, 0.3) is 0 Å². The van der Waals surface area contributed by atoms with Crippen LogP contribution in [0.15, 0.2) is 40.9 Å². The van der Waals surface area contributed by atoms with E-state index in [9.17, 15) is 19.1 Å². The Hall–Kier alpha value is -2.61. The van der Waals surface area contributed by atoms with Gasteiger partial charge < -0.3 is 15.2 Å². The molecule has 2 atom stereocenters. The Balaban J connectivity index is 1.97. The maximum Gasteiger partial charge on any atom is 0.404 e. The van der Waals surface area contributed by atoms with Crippen molar-refractivity contribution < 1.29 is 23.8 Å². The minimum Gasteiger partial charge on any atom is -0.465 e. The van der Waals surface area contributed by atoms with Crippen molar-refractivity contribution in [1.82, 2.24) is 5.32 Å². The van der Waals surface area contributed by atoms with Gasteiger partial charge >= 0.3 is 6.09 Å². The number of benzene rings is 2. The molecule has 2 aliphatic heterocycles. The van der Waals surface area contributed by atoms with Gasteiger partial charge in [-0.15, -0.1) is 0 Å². The molecule has 8 heteroatoms. The maximum atomic E-state index is 13.9. The first-order valence-electron chi connectivity index (χ1n) is 8.03. The van der Waals surface area contributed by atoms with Crippen LogP contribution in [-0.4, -0.2) is 23.1 Å². The fourth-order valence-corrected chi connectivity index (χ4v) is 4.22. The first kappa shape index (κ1) is 16.8. The molecule has 26 heavy (non-hydrogen) atoms. The molecule has 2 aliphatic rings. The van der Waals surface area contributed by atoms with Crippen LogP contribution in [-0.2, 0) is 4.79 Å². The van der Waals surface area contributed by atoms with Gasteiger partial charge in [0.1, 0.15) is 17.3 Å². The highest BCUT2D eigenvalue weighted by atomic mass is 79.9. The van der Waals surface area contributed by atoms with E-state index in [0.717, 1.165) is 0 Å². The molecular formula is C18H14BrFN2O4. The van der Waals surface area contributed by atoms with E-state index in [0.29, 0.717) is 27.9 Å². The number of fused-ring (bicyclic) bond motifs is 5. The lowest BCUT2D eigenvalue weighted by atomic mass is 9.89. The van der Waals surface area contributed by atoms with Crippen LogP contribution < -0.4 is 15.0 Å². The SMILES string of the molecule is O=C(O)N[C@@H]1CCC(=O)N2c3c(Br)cc(F)cc3Oc3ccccc3[C@H]12. The second-order valence-electron chi connectivity index (χ2n) is 6.18. The monoisotopic (exact) mass is 420 g/mol. The number of carbonyl (C=O) groups is 2. The molecule has 134 valence electrons. The summed E-state index contributed by atoms with van der Waals surface area (Å²) < 4.78 is 20.2. The van der Waals surface area contributed by atoms with Crippen LogP contribution in [0.1, 0.15) is 24.4 Å². The van der Waals surface area contributed by atoms with Crippen molar-refractivity contribution in [3.8, 4) is 11.5 Å². The van der Waals surface area contributed by atoms with E-state index in [-0.39, 0.29) is 18.1 Å². The van der Waals surface area contributed by atoms with Gasteiger partial charge in [-0.3, -0.25) is 9.69 Å². The summed E-state index contributed by atoms with van der Waals surface area (Å²) in [6.45, 7) is 0. The Morgan fingerprint density at radius 3 is 2.85 bits per heavy atom. The maximum absolute atomic E-state index is 13.9. The molecule has 0 aliphatic carbocycles. The molecule has 2 aromatic carbocycles. The molecule has 0 radical (unpaired) electrons. The van der Waals surface area contributed by atoms with Crippen LogP contribution in [0.5, 0.6) is 11.5 Å². The third kappa shape index (κ3) is 2.70. The van der Waals surface area contributed by atoms with Crippen molar-refractivity contribution in [2.45, 2.75) is 24.9 Å². The Labute approximate surface area is 156 Å². The van der Waals surface area contributed by atoms with Crippen LogP contribution in [0, 0.1) is 5.82 Å². The molecule has 1 saturated heterocycles. The number of piperidine rings is 1. The standard InChI is InChI=1S/C18H14BrFN2O4/c19-11-7-9(20)8-14-17(11)22-15(23)6-5-12(21-18(24)25)16(22)10-3-1-2-4-13(10)26-14/h1-4,7-8,12,16,21H,5-6H2,(H,24,25)/t12-,16-/m1/s1. The summed E-state index contributed by atoms with van der Waals surface area (Å²) >= 11 is 3.32. The lowest BCUT2D eigenvalue weighted by molar-refractivity contribution is -0.120. The normalized spacial score (nSPS) is 21.0. The van der Waals surface area contributed by atoms with Gasteiger partial charge in [0.2, 0.25) is 5.91 Å². The van der Waals surface area contributed by atoms with Gasteiger partial charge in [-0.1, -0.05) is 18.2 Å². The van der Waals surface area contributed by atoms with E-state index in [1.807, 2.05) is 0 Å². The van der Waals surface area contributed by atoms with Crippen LogP contribution >= 0.6 is 15.9 Å². The molecule has 2 heterocycles. The van der Waals surface area contributed by atoms with Crippen molar-refractivity contribution in [3.05, 3.63) is 52.3 Å². The molecule has 0 aromatic heterocycles. The number of amides is 2. The number of nitrogens with zero attached hydrogens (tertiary/aromatic N) is 1. The zero-order valence-corrected chi connectivity index (χ0v) is 15.0. The highest BCUT2D eigenvalue weighted by Crippen LogP contribution is 2.50. The molecule has 0 bridgehead atoms. The van der Waals surface area contributed by atoms with E-state index in [1.165, 1.54) is 17.0 Å². The predicted molar refractivity (Wildman–Crippen MR) is 95.0 cm³/mol. The van der Waals surface area contributed by atoms with Crippen molar-refractivity contribution in [3.63, 3.8) is 0 Å². The molecule has 0 unspecified atom stereocenters. The average Bonchev–Trinajstić information content (AvgIpc) is 2.72. The number of anilines is 1. The Morgan fingerprint density at radius 1 is 1.31 bits per heavy atom. The smallest absolute Gasteiger partial charge is 0.404 e. The second kappa shape index (κ2) is 6.28. The molecule has 2 amide bonds. The van der Waals surface area contributed by atoms with Gasteiger partial charge in [-0.25, -0.2) is 9.18 Å². The predicted octanol–water partition coefficient (Wildman–Crippen LogP) is 4.20. The molecular weight excluding hydrogens is 407 g/mol. The van der Waals surface area contributed by atoms with E-state index in [2.05, 4.69) is 21.2 Å². The molecule has 1 fully saturated rings. The number of carboxylic acid groups (broad SMARTS) is 1. The number of ether oxygens (including phenoxy) is 1. The zero-order chi connectivity index (χ0) is 18.4. The lowest BCUT2D eigenvalue weighted by Crippen LogP contribution is -2.52. The quantitative estimate of drug-likeness (QED) is 0.724. The molecule has 0 saturated carbocycles. The molecule has 6 nitrogen and oxygen atoms in total. The third-order valence-electron chi connectivity index (χ3n) is 4.60. The summed E-state index contributed by atoms with van der Waals surface area (Å²) in [4.78, 5) is 25.6. The van der Waals surface area contributed by atoms with Crippen molar-refractivity contribution >= 4 is 33.6 Å². The van der Waals surface area contributed by atoms with Crippen molar-refractivity contribution in [2.24, 2.45) is 0 Å². The van der Waals surface area contributed by atoms with Crippen LogP contribution in [0.3, 0.4) is 0 Å². The molecule has 2 aromatic rings. The minimum atomic E-state index is -1.16. The molecule has 4 rings (SSSR count). The Morgan fingerprint density at radius 2 is 2.08 bits per heavy atom. The van der Waals surface area contributed by atoms with Crippen molar-refractivity contribution in [2.75, 3.05) is 4.90 Å². The summed E-state index contributed by atoms with van der Waals surface area (Å²) in [5.74, 6) is -0.00897. The zero-order valence-electron chi connectivity index (χ0n) is 13.4. The van der Waals surface area contributed by atoms with Gasteiger partial charge in [0.25, 0.3) is 0 Å². The first-order chi connectivity index (χ1) is 12.5. The fraction of sp³-hybridized carbons (Fsp3) is 0.222. The highest BCUT2D eigenvalue weighted by Gasteiger charge is 2.43. The number of hydrogen-bond donors (Lipinski definition) is 2. The van der Waals surface area contributed by atoms with Gasteiger partial charge in [0.15, 0.2) is 5.75 Å². The largest absolute Gasteiger partial charge is 0.465 e. The first-order valence-corrected chi connectivity index (χ1v) is 8.82. The van der Waals surface area contributed by atoms with Gasteiger partial charge in [0.05, 0.1) is 12.1 Å². The number of rotatable bonds is 1. The fourth-order valence-electron chi connectivity index (χ4n) is 3.61. The van der Waals surface area contributed by atoms with Gasteiger partial charge in [-0.05, 0) is 34.5 Å². The Bertz CT molecular complexity index is 920. The number of nitrogens with one attached hydrogen (secondary N) is 1. The summed E-state index contributed by atoms with van der Waals surface area (Å²) in [6, 6.07) is 8.45. The van der Waals surface area contributed by atoms with Crippen LogP contribution in [0.2, 0.25) is 0 Å². The molecule has 2 N–H and O–H groups in total. The lowest BCUT2D eigenvalue weighted by Gasteiger charge is -2.40. The summed E-state index contributed by atoms with van der Waals surface area (Å²) in [6.07, 6.45) is -0.618. The molecule has 0 spiro atoms. The van der Waals surface area contributed by atoms with Crippen molar-refractivity contribution in [1.29, 1.82) is 0 Å². The van der Waals surface area contributed by atoms with Crippen LogP contribution in [0.4, 0.5) is 14.9 Å². The topological polar surface area (TPSA) is 78.9 Å². The Kier molecular flexibility index (Phi) is 4.07. The van der Waals surface area contributed by atoms with E-state index >= 15 is 0 Å². The van der Waals surface area contributed by atoms with E-state index in [1.54, 1.807) is 24.3 Å². The van der Waals surface area contributed by atoms with E-state index in [4.69, 9.17) is 4.74 Å². The number of carbonyl (C=O) groups excluding carboxylic acids is 1. The minimum absolute atomic E-state index is 0.173. The summed E-state index contributed by atoms with van der Waals surface area (Å²) in [7, 11) is 0. The number of halogens is 2.